The van der Waals surface area contributed by atoms with Crippen LogP contribution in [0.1, 0.15) is 72.2 Å². The van der Waals surface area contributed by atoms with Crippen LogP contribution in [0.3, 0.4) is 0 Å². The molecule has 244 valence electrons. The fraction of sp³-hybridized carbons (Fsp3) is 0.333. The summed E-state index contributed by atoms with van der Waals surface area (Å²) in [5.41, 5.74) is 6.83. The molecule has 0 saturated heterocycles. The molecule has 0 amide bonds. The van der Waals surface area contributed by atoms with E-state index in [9.17, 15) is 10.2 Å². The number of phenolic OH excluding ortho intramolecular Hbond substituents is 2. The SMILES string of the molecule is CCOP(=S)(OCC)c1c2cccc1Cc1cccc(c1O)Cc1cccc(c1P(=S)(OCC)OCC)Cc1cccc(c1O)C2. The van der Waals surface area contributed by atoms with Gasteiger partial charge in [-0.05, 0) is 95.8 Å². The van der Waals surface area contributed by atoms with E-state index in [1.54, 1.807) is 0 Å². The van der Waals surface area contributed by atoms with Crippen molar-refractivity contribution in [3.05, 3.63) is 117 Å². The quantitative estimate of drug-likeness (QED) is 0.143. The van der Waals surface area contributed by atoms with E-state index in [0.29, 0.717) is 52.1 Å². The summed E-state index contributed by atoms with van der Waals surface area (Å²) in [5, 5.41) is 25.2. The number of hydrogen-bond donors (Lipinski definition) is 2. The van der Waals surface area contributed by atoms with Gasteiger partial charge < -0.3 is 28.3 Å². The molecule has 8 bridgehead atoms. The maximum absolute atomic E-state index is 11.8. The summed E-state index contributed by atoms with van der Waals surface area (Å²) in [6.45, 7) is 3.45. The molecule has 0 fully saturated rings. The van der Waals surface area contributed by atoms with E-state index in [0.717, 1.165) is 55.1 Å². The molecule has 1 aliphatic rings. The second-order valence-corrected chi connectivity index (χ2v) is 17.9. The van der Waals surface area contributed by atoms with Crippen LogP contribution in [0, 0.1) is 0 Å². The minimum Gasteiger partial charge on any atom is -0.507 e. The third-order valence-corrected chi connectivity index (χ3v) is 15.1. The molecule has 4 aromatic rings. The van der Waals surface area contributed by atoms with Crippen molar-refractivity contribution in [3.8, 4) is 11.5 Å². The Hall–Kier alpha value is -2.38. The Labute approximate surface area is 283 Å². The molecule has 0 spiro atoms. The van der Waals surface area contributed by atoms with Crippen molar-refractivity contribution in [3.63, 3.8) is 0 Å². The number of fused-ring (bicyclic) bond motifs is 8. The minimum atomic E-state index is -2.93. The molecule has 0 heterocycles. The van der Waals surface area contributed by atoms with Crippen LogP contribution < -0.4 is 10.6 Å². The molecule has 4 aromatic carbocycles. The van der Waals surface area contributed by atoms with E-state index in [1.165, 1.54) is 0 Å². The van der Waals surface area contributed by atoms with E-state index in [2.05, 4.69) is 0 Å². The van der Waals surface area contributed by atoms with E-state index in [4.69, 9.17) is 41.7 Å². The largest absolute Gasteiger partial charge is 0.507 e. The molecule has 46 heavy (non-hydrogen) atoms. The smallest absolute Gasteiger partial charge is 0.220 e. The van der Waals surface area contributed by atoms with E-state index < -0.39 is 13.0 Å². The third kappa shape index (κ3) is 7.21. The van der Waals surface area contributed by atoms with E-state index in [1.807, 2.05) is 100 Å². The first-order chi connectivity index (χ1) is 22.2. The van der Waals surface area contributed by atoms with Crippen LogP contribution in [0.15, 0.2) is 72.8 Å². The molecular formula is C36H42O6P2S2. The molecule has 0 unspecified atom stereocenters. The predicted molar refractivity (Wildman–Crippen MR) is 195 cm³/mol. The van der Waals surface area contributed by atoms with Gasteiger partial charge in [-0.1, -0.05) is 72.8 Å². The van der Waals surface area contributed by atoms with Crippen LogP contribution in [-0.2, 0) is 67.4 Å². The highest BCUT2D eigenvalue weighted by molar-refractivity contribution is 8.13. The zero-order valence-corrected chi connectivity index (χ0v) is 30.2. The molecule has 10 heteroatoms. The Bertz CT molecular complexity index is 1570. The Kier molecular flexibility index (Phi) is 11.6. The van der Waals surface area contributed by atoms with Gasteiger partial charge in [-0.15, -0.1) is 0 Å². The second-order valence-electron chi connectivity index (χ2n) is 11.1. The zero-order valence-electron chi connectivity index (χ0n) is 26.8. The number of phenols is 2. The van der Waals surface area contributed by atoms with Crippen molar-refractivity contribution in [1.29, 1.82) is 0 Å². The van der Waals surface area contributed by atoms with Gasteiger partial charge in [0.25, 0.3) is 0 Å². The summed E-state index contributed by atoms with van der Waals surface area (Å²) >= 11 is 12.4. The van der Waals surface area contributed by atoms with Crippen LogP contribution in [0.2, 0.25) is 0 Å². The summed E-state index contributed by atoms with van der Waals surface area (Å²) in [4.78, 5) is 0. The van der Waals surface area contributed by atoms with Gasteiger partial charge in [-0.3, -0.25) is 0 Å². The maximum Gasteiger partial charge on any atom is 0.220 e. The van der Waals surface area contributed by atoms with Crippen molar-refractivity contribution < 1.29 is 28.3 Å². The van der Waals surface area contributed by atoms with E-state index >= 15 is 0 Å². The van der Waals surface area contributed by atoms with Gasteiger partial charge in [0.15, 0.2) is 0 Å². The molecule has 0 saturated carbocycles. The fourth-order valence-corrected chi connectivity index (χ4v) is 13.0. The lowest BCUT2D eigenvalue weighted by molar-refractivity contribution is 0.274. The van der Waals surface area contributed by atoms with Gasteiger partial charge in [0.1, 0.15) is 11.5 Å². The number of para-hydroxylation sites is 2. The highest BCUT2D eigenvalue weighted by Gasteiger charge is 2.31. The van der Waals surface area contributed by atoms with Crippen molar-refractivity contribution in [2.24, 2.45) is 0 Å². The van der Waals surface area contributed by atoms with Crippen LogP contribution in [0.4, 0.5) is 0 Å². The molecule has 2 N–H and O–H groups in total. The van der Waals surface area contributed by atoms with Gasteiger partial charge in [-0.25, -0.2) is 0 Å². The summed E-state index contributed by atoms with van der Waals surface area (Å²) in [6, 6.07) is 23.9. The Morgan fingerprint density at radius 1 is 0.457 bits per heavy atom. The molecule has 0 atom stereocenters. The van der Waals surface area contributed by atoms with Crippen molar-refractivity contribution in [1.82, 2.24) is 0 Å². The number of rotatable bonds is 10. The highest BCUT2D eigenvalue weighted by Crippen LogP contribution is 2.51. The average molecular weight is 697 g/mol. The number of hydrogen-bond acceptors (Lipinski definition) is 8. The first-order valence-electron chi connectivity index (χ1n) is 15.8. The average Bonchev–Trinajstić information content (AvgIpc) is 3.01. The lowest BCUT2D eigenvalue weighted by Crippen LogP contribution is -2.22. The molecular weight excluding hydrogens is 654 g/mol. The zero-order chi connectivity index (χ0) is 32.9. The summed E-state index contributed by atoms with van der Waals surface area (Å²) in [5.74, 6) is 0.458. The van der Waals surface area contributed by atoms with Crippen molar-refractivity contribution in [2.45, 2.75) is 53.4 Å². The standard InChI is InChI=1S/C36H42O6P2S2/c1-5-39-43(45,40-6-2)35-29-17-11-18-30(35)22-26-14-10-16-28(34(26)38)24-32-20-12-19-31(36(32)44(46,41-7-3)42-8-4)23-27-15-9-13-25(21-29)33(27)37/h9-20,37-38H,5-8,21-24H2,1-4H3. The Balaban J connectivity index is 1.80. The normalized spacial score (nSPS) is 13.5. The van der Waals surface area contributed by atoms with Crippen LogP contribution in [-0.4, -0.2) is 36.6 Å². The first-order valence-corrected chi connectivity index (χ1v) is 21.1. The highest BCUT2D eigenvalue weighted by atomic mass is 32.5. The lowest BCUT2D eigenvalue weighted by atomic mass is 9.92. The fourth-order valence-electron chi connectivity index (χ4n) is 6.26. The molecule has 0 radical (unpaired) electrons. The van der Waals surface area contributed by atoms with Gasteiger partial charge in [0.05, 0.1) is 26.4 Å². The molecule has 1 aliphatic carbocycles. The number of aromatic hydroxyl groups is 2. The Morgan fingerprint density at radius 2 is 0.674 bits per heavy atom. The monoisotopic (exact) mass is 696 g/mol. The van der Waals surface area contributed by atoms with E-state index in [-0.39, 0.29) is 11.5 Å². The third-order valence-electron chi connectivity index (χ3n) is 8.08. The summed E-state index contributed by atoms with van der Waals surface area (Å²) < 4.78 is 25.0. The van der Waals surface area contributed by atoms with Gasteiger partial charge >= 0.3 is 0 Å². The topological polar surface area (TPSA) is 77.4 Å². The van der Waals surface area contributed by atoms with Crippen LogP contribution in [0.25, 0.3) is 0 Å². The molecule has 0 aliphatic heterocycles. The molecule has 5 rings (SSSR count). The number of benzene rings is 4. The predicted octanol–water partition coefficient (Wildman–Crippen LogP) is 7.79. The molecule has 0 aromatic heterocycles. The van der Waals surface area contributed by atoms with Crippen LogP contribution in [0.5, 0.6) is 11.5 Å². The first kappa shape index (κ1) is 34.9. The van der Waals surface area contributed by atoms with Gasteiger partial charge in [-0.2, -0.15) is 0 Å². The maximum atomic E-state index is 11.8. The summed E-state index contributed by atoms with van der Waals surface area (Å²) in [7, 11) is 0. The van der Waals surface area contributed by atoms with Gasteiger partial charge in [0.2, 0.25) is 13.0 Å². The summed E-state index contributed by atoms with van der Waals surface area (Å²) in [6.07, 6.45) is 1.71. The van der Waals surface area contributed by atoms with Crippen LogP contribution >= 0.6 is 13.0 Å². The Morgan fingerprint density at radius 3 is 0.891 bits per heavy atom. The van der Waals surface area contributed by atoms with Crippen molar-refractivity contribution >= 4 is 47.2 Å². The lowest BCUT2D eigenvalue weighted by Gasteiger charge is -2.28. The second kappa shape index (κ2) is 15.2. The molecule has 6 nitrogen and oxygen atoms in total. The van der Waals surface area contributed by atoms with Gasteiger partial charge in [0, 0.05) is 36.3 Å². The minimum absolute atomic E-state index is 0.229. The van der Waals surface area contributed by atoms with Crippen molar-refractivity contribution in [2.75, 3.05) is 26.4 Å².